The molecule has 1 fully saturated rings. The zero-order valence-electron chi connectivity index (χ0n) is 11.6. The van der Waals surface area contributed by atoms with Crippen molar-refractivity contribution in [1.82, 2.24) is 4.90 Å². The molecule has 1 aliphatic heterocycles. The lowest BCUT2D eigenvalue weighted by atomic mass is 10.1. The largest absolute Gasteiger partial charge is 0.573 e. The molecule has 1 aliphatic rings. The van der Waals surface area contributed by atoms with Crippen LogP contribution in [0.3, 0.4) is 0 Å². The SMILES string of the molecule is N#C/C(=C\c1ccccc1OC(F)(F)F)C(=O)N1CCCC1. The van der Waals surface area contributed by atoms with Crippen LogP contribution in [-0.2, 0) is 4.79 Å². The second kappa shape index (κ2) is 6.52. The van der Waals surface area contributed by atoms with Crippen LogP contribution < -0.4 is 4.74 Å². The second-order valence-electron chi connectivity index (χ2n) is 4.75. The van der Waals surface area contributed by atoms with Crippen LogP contribution in [0.25, 0.3) is 6.08 Å². The molecule has 1 aromatic carbocycles. The Kier molecular flexibility index (Phi) is 4.71. The van der Waals surface area contributed by atoms with Crippen LogP contribution in [0, 0.1) is 11.3 Å². The van der Waals surface area contributed by atoms with E-state index >= 15 is 0 Å². The van der Waals surface area contributed by atoms with Crippen LogP contribution in [-0.4, -0.2) is 30.3 Å². The number of rotatable bonds is 3. The van der Waals surface area contributed by atoms with Crippen molar-refractivity contribution in [3.8, 4) is 11.8 Å². The molecule has 0 unspecified atom stereocenters. The van der Waals surface area contributed by atoms with Crippen molar-refractivity contribution in [3.63, 3.8) is 0 Å². The molecule has 22 heavy (non-hydrogen) atoms. The number of para-hydroxylation sites is 1. The van der Waals surface area contributed by atoms with Crippen molar-refractivity contribution >= 4 is 12.0 Å². The number of nitriles is 1. The minimum Gasteiger partial charge on any atom is -0.405 e. The lowest BCUT2D eigenvalue weighted by molar-refractivity contribution is -0.274. The van der Waals surface area contributed by atoms with Gasteiger partial charge in [-0.2, -0.15) is 5.26 Å². The van der Waals surface area contributed by atoms with Crippen LogP contribution in [0.4, 0.5) is 13.2 Å². The first kappa shape index (κ1) is 15.9. The number of likely N-dealkylation sites (tertiary alicyclic amines) is 1. The highest BCUT2D eigenvalue weighted by molar-refractivity contribution is 6.02. The summed E-state index contributed by atoms with van der Waals surface area (Å²) in [5.74, 6) is -0.918. The number of nitrogens with zero attached hydrogens (tertiary/aromatic N) is 2. The first-order valence-electron chi connectivity index (χ1n) is 6.66. The third-order valence-corrected chi connectivity index (χ3v) is 3.19. The van der Waals surface area contributed by atoms with Gasteiger partial charge in [0.15, 0.2) is 0 Å². The number of alkyl halides is 3. The number of halogens is 3. The van der Waals surface area contributed by atoms with Gasteiger partial charge in [-0.05, 0) is 25.0 Å². The van der Waals surface area contributed by atoms with E-state index in [0.29, 0.717) is 13.1 Å². The van der Waals surface area contributed by atoms with E-state index in [2.05, 4.69) is 4.74 Å². The molecule has 1 heterocycles. The van der Waals surface area contributed by atoms with Gasteiger partial charge < -0.3 is 9.64 Å². The number of hydrogen-bond acceptors (Lipinski definition) is 3. The van der Waals surface area contributed by atoms with E-state index in [0.717, 1.165) is 25.0 Å². The van der Waals surface area contributed by atoms with Crippen molar-refractivity contribution in [2.75, 3.05) is 13.1 Å². The molecule has 2 rings (SSSR count). The van der Waals surface area contributed by atoms with Gasteiger partial charge in [-0.1, -0.05) is 18.2 Å². The van der Waals surface area contributed by atoms with Crippen LogP contribution in [0.1, 0.15) is 18.4 Å². The molecule has 116 valence electrons. The zero-order chi connectivity index (χ0) is 16.2. The van der Waals surface area contributed by atoms with Gasteiger partial charge >= 0.3 is 6.36 Å². The number of amides is 1. The van der Waals surface area contributed by atoms with E-state index in [1.165, 1.54) is 23.1 Å². The Morgan fingerprint density at radius 2 is 1.91 bits per heavy atom. The van der Waals surface area contributed by atoms with E-state index in [4.69, 9.17) is 5.26 Å². The fourth-order valence-corrected chi connectivity index (χ4v) is 2.21. The molecule has 0 bridgehead atoms. The molecular formula is C15H13F3N2O2. The predicted molar refractivity (Wildman–Crippen MR) is 72.5 cm³/mol. The van der Waals surface area contributed by atoms with Crippen LogP contribution >= 0.6 is 0 Å². The Balaban J connectivity index is 2.30. The van der Waals surface area contributed by atoms with E-state index in [1.54, 1.807) is 6.07 Å². The van der Waals surface area contributed by atoms with Gasteiger partial charge in [0.25, 0.3) is 5.91 Å². The quantitative estimate of drug-likeness (QED) is 0.637. The summed E-state index contributed by atoms with van der Waals surface area (Å²) in [4.78, 5) is 13.7. The molecule has 0 atom stereocenters. The summed E-state index contributed by atoms with van der Waals surface area (Å²) in [6.07, 6.45) is -1.99. The summed E-state index contributed by atoms with van der Waals surface area (Å²) in [5.41, 5.74) is -0.177. The molecule has 0 saturated carbocycles. The third-order valence-electron chi connectivity index (χ3n) is 3.19. The summed E-state index contributed by atoms with van der Waals surface area (Å²) in [5, 5.41) is 9.11. The maximum absolute atomic E-state index is 12.4. The van der Waals surface area contributed by atoms with Gasteiger partial charge in [0, 0.05) is 18.7 Å². The molecule has 1 amide bonds. The van der Waals surface area contributed by atoms with Gasteiger partial charge in [-0.15, -0.1) is 13.2 Å². The lowest BCUT2D eigenvalue weighted by Crippen LogP contribution is -2.28. The zero-order valence-corrected chi connectivity index (χ0v) is 11.6. The van der Waals surface area contributed by atoms with Crippen molar-refractivity contribution < 1.29 is 22.7 Å². The van der Waals surface area contributed by atoms with Gasteiger partial charge in [-0.3, -0.25) is 4.79 Å². The second-order valence-corrected chi connectivity index (χ2v) is 4.75. The fraction of sp³-hybridized carbons (Fsp3) is 0.333. The predicted octanol–water partition coefficient (Wildman–Crippen LogP) is 3.11. The van der Waals surface area contributed by atoms with Crippen molar-refractivity contribution in [2.45, 2.75) is 19.2 Å². The number of carbonyl (C=O) groups excluding carboxylic acids is 1. The number of carbonyl (C=O) groups is 1. The molecule has 0 N–H and O–H groups in total. The van der Waals surface area contributed by atoms with Gasteiger partial charge in [0.2, 0.25) is 0 Å². The maximum atomic E-state index is 12.4. The summed E-state index contributed by atoms with van der Waals surface area (Å²) in [6, 6.07) is 7.13. The number of benzene rings is 1. The van der Waals surface area contributed by atoms with E-state index in [-0.39, 0.29) is 11.1 Å². The molecule has 1 saturated heterocycles. The lowest BCUT2D eigenvalue weighted by Gasteiger charge is -2.15. The molecule has 1 aromatic rings. The van der Waals surface area contributed by atoms with Crippen molar-refractivity contribution in [3.05, 3.63) is 35.4 Å². The fourth-order valence-electron chi connectivity index (χ4n) is 2.21. The van der Waals surface area contributed by atoms with E-state index in [1.807, 2.05) is 0 Å². The summed E-state index contributed by atoms with van der Waals surface area (Å²) in [7, 11) is 0. The first-order valence-corrected chi connectivity index (χ1v) is 6.66. The highest BCUT2D eigenvalue weighted by Crippen LogP contribution is 2.28. The molecular weight excluding hydrogens is 297 g/mol. The van der Waals surface area contributed by atoms with Crippen LogP contribution in [0.5, 0.6) is 5.75 Å². The highest BCUT2D eigenvalue weighted by Gasteiger charge is 2.32. The molecule has 0 radical (unpaired) electrons. The maximum Gasteiger partial charge on any atom is 0.573 e. The minimum absolute atomic E-state index is 0.0314. The Morgan fingerprint density at radius 1 is 1.27 bits per heavy atom. The molecule has 0 spiro atoms. The van der Waals surface area contributed by atoms with Gasteiger partial charge in [-0.25, -0.2) is 0 Å². The van der Waals surface area contributed by atoms with Crippen molar-refractivity contribution in [2.24, 2.45) is 0 Å². The normalized spacial score (nSPS) is 15.5. The molecule has 7 heteroatoms. The average Bonchev–Trinajstić information content (AvgIpc) is 2.98. The summed E-state index contributed by atoms with van der Waals surface area (Å²) in [6.45, 7) is 1.11. The minimum atomic E-state index is -4.84. The van der Waals surface area contributed by atoms with Gasteiger partial charge in [0.05, 0.1) is 0 Å². The Morgan fingerprint density at radius 3 is 2.50 bits per heavy atom. The third kappa shape index (κ3) is 4.01. The molecule has 0 aromatic heterocycles. The first-order chi connectivity index (χ1) is 10.4. The monoisotopic (exact) mass is 310 g/mol. The average molecular weight is 310 g/mol. The van der Waals surface area contributed by atoms with E-state index in [9.17, 15) is 18.0 Å². The molecule has 0 aliphatic carbocycles. The Hall–Kier alpha value is -2.49. The Bertz CT molecular complexity index is 626. The summed E-state index contributed by atoms with van der Waals surface area (Å²) >= 11 is 0. The topological polar surface area (TPSA) is 53.3 Å². The van der Waals surface area contributed by atoms with E-state index < -0.39 is 18.0 Å². The smallest absolute Gasteiger partial charge is 0.405 e. The van der Waals surface area contributed by atoms with Crippen LogP contribution in [0.2, 0.25) is 0 Å². The van der Waals surface area contributed by atoms with Gasteiger partial charge in [0.1, 0.15) is 17.4 Å². The summed E-state index contributed by atoms with van der Waals surface area (Å²) < 4.78 is 41.0. The Labute approximate surface area is 125 Å². The molecule has 4 nitrogen and oxygen atoms in total. The standard InChI is InChI=1S/C15H13F3N2O2/c16-15(17,18)22-13-6-2-1-5-11(13)9-12(10-19)14(21)20-7-3-4-8-20/h1-2,5-6,9H,3-4,7-8H2/b12-9+. The highest BCUT2D eigenvalue weighted by atomic mass is 19.4. The number of hydrogen-bond donors (Lipinski definition) is 0. The van der Waals surface area contributed by atoms with Crippen molar-refractivity contribution in [1.29, 1.82) is 5.26 Å². The number of ether oxygens (including phenoxy) is 1. The van der Waals surface area contributed by atoms with Crippen LogP contribution in [0.15, 0.2) is 29.8 Å².